The first-order chi connectivity index (χ1) is 8.00. The lowest BCUT2D eigenvalue weighted by Gasteiger charge is -2.15. The molecule has 3 nitrogen and oxygen atoms in total. The summed E-state index contributed by atoms with van der Waals surface area (Å²) in [6.07, 6.45) is 0.270. The molecule has 0 fully saturated rings. The van der Waals surface area contributed by atoms with E-state index in [0.29, 0.717) is 5.56 Å². The second-order valence-corrected chi connectivity index (χ2v) is 4.48. The molecule has 0 aromatic heterocycles. The smallest absolute Gasteiger partial charge is 0.221 e. The zero-order valence-corrected chi connectivity index (χ0v) is 10.2. The number of amides is 1. The zero-order chi connectivity index (χ0) is 12.8. The van der Waals surface area contributed by atoms with Gasteiger partial charge in [-0.2, -0.15) is 0 Å². The number of hydrogen-bond acceptors (Lipinski definition) is 2. The van der Waals surface area contributed by atoms with E-state index in [4.69, 9.17) is 5.73 Å². The molecule has 0 aliphatic heterocycles. The lowest BCUT2D eigenvalue weighted by Crippen LogP contribution is -2.34. The molecule has 4 heteroatoms. The van der Waals surface area contributed by atoms with E-state index in [0.717, 1.165) is 0 Å². The van der Waals surface area contributed by atoms with Gasteiger partial charge in [0.1, 0.15) is 5.82 Å². The highest BCUT2D eigenvalue weighted by atomic mass is 19.1. The average Bonchev–Trinajstić information content (AvgIpc) is 2.27. The van der Waals surface area contributed by atoms with Crippen molar-refractivity contribution >= 4 is 5.91 Å². The van der Waals surface area contributed by atoms with Gasteiger partial charge in [-0.25, -0.2) is 4.39 Å². The van der Waals surface area contributed by atoms with E-state index < -0.39 is 0 Å². The van der Waals surface area contributed by atoms with E-state index >= 15 is 0 Å². The third-order valence-corrected chi connectivity index (χ3v) is 2.71. The van der Waals surface area contributed by atoms with Crippen LogP contribution in [0.4, 0.5) is 4.39 Å². The lowest BCUT2D eigenvalue weighted by atomic mass is 10.0. The molecule has 1 aromatic carbocycles. The molecule has 0 spiro atoms. The molecule has 1 rings (SSSR count). The van der Waals surface area contributed by atoms with E-state index in [-0.39, 0.29) is 36.6 Å². The Morgan fingerprint density at radius 1 is 1.41 bits per heavy atom. The fourth-order valence-corrected chi connectivity index (χ4v) is 1.36. The van der Waals surface area contributed by atoms with Gasteiger partial charge in [-0.15, -0.1) is 0 Å². The number of nitrogens with two attached hydrogens (primary N) is 1. The van der Waals surface area contributed by atoms with Gasteiger partial charge in [-0.3, -0.25) is 4.79 Å². The number of carbonyl (C=O) groups excluding carboxylic acids is 1. The summed E-state index contributed by atoms with van der Waals surface area (Å²) in [6, 6.07) is 6.23. The van der Waals surface area contributed by atoms with E-state index in [1.54, 1.807) is 18.2 Å². The molecule has 0 aliphatic carbocycles. The summed E-state index contributed by atoms with van der Waals surface area (Å²) in [4.78, 5) is 11.5. The molecule has 0 saturated carbocycles. The van der Waals surface area contributed by atoms with Crippen molar-refractivity contribution in [3.63, 3.8) is 0 Å². The SMILES string of the molecule is CC(C)C(N)CC(=O)NCc1ccccc1F. The van der Waals surface area contributed by atoms with E-state index in [1.807, 2.05) is 13.8 Å². The van der Waals surface area contributed by atoms with Crippen LogP contribution in [0.15, 0.2) is 24.3 Å². The predicted octanol–water partition coefficient (Wildman–Crippen LogP) is 1.82. The quantitative estimate of drug-likeness (QED) is 0.822. The number of rotatable bonds is 5. The van der Waals surface area contributed by atoms with Crippen LogP contribution in [0.2, 0.25) is 0 Å². The van der Waals surface area contributed by atoms with Crippen molar-refractivity contribution in [2.75, 3.05) is 0 Å². The predicted molar refractivity (Wildman–Crippen MR) is 65.7 cm³/mol. The van der Waals surface area contributed by atoms with Crippen LogP contribution < -0.4 is 11.1 Å². The summed E-state index contributed by atoms with van der Waals surface area (Å²) in [5.41, 5.74) is 6.27. The number of hydrogen-bond donors (Lipinski definition) is 2. The van der Waals surface area contributed by atoms with Crippen molar-refractivity contribution in [3.8, 4) is 0 Å². The highest BCUT2D eigenvalue weighted by molar-refractivity contribution is 5.76. The molecule has 94 valence electrons. The molecule has 0 radical (unpaired) electrons. The van der Waals surface area contributed by atoms with Crippen molar-refractivity contribution in [2.45, 2.75) is 32.9 Å². The van der Waals surface area contributed by atoms with Crippen molar-refractivity contribution in [2.24, 2.45) is 11.7 Å². The topological polar surface area (TPSA) is 55.1 Å². The third kappa shape index (κ3) is 4.53. The first-order valence-corrected chi connectivity index (χ1v) is 5.76. The Morgan fingerprint density at radius 3 is 2.65 bits per heavy atom. The maximum absolute atomic E-state index is 13.3. The highest BCUT2D eigenvalue weighted by Crippen LogP contribution is 2.06. The van der Waals surface area contributed by atoms with Crippen molar-refractivity contribution in [1.82, 2.24) is 5.32 Å². The second-order valence-electron chi connectivity index (χ2n) is 4.48. The van der Waals surface area contributed by atoms with Gasteiger partial charge in [-0.05, 0) is 12.0 Å². The maximum atomic E-state index is 13.3. The van der Waals surface area contributed by atoms with Crippen LogP contribution in [-0.2, 0) is 11.3 Å². The van der Waals surface area contributed by atoms with Gasteiger partial charge in [0.2, 0.25) is 5.91 Å². The Balaban J connectivity index is 2.41. The molecule has 1 amide bonds. The van der Waals surface area contributed by atoms with Gasteiger partial charge in [0.25, 0.3) is 0 Å². The largest absolute Gasteiger partial charge is 0.352 e. The van der Waals surface area contributed by atoms with E-state index in [2.05, 4.69) is 5.32 Å². The first-order valence-electron chi connectivity index (χ1n) is 5.76. The number of carbonyl (C=O) groups is 1. The Labute approximate surface area is 101 Å². The fraction of sp³-hybridized carbons (Fsp3) is 0.462. The monoisotopic (exact) mass is 238 g/mol. The van der Waals surface area contributed by atoms with Crippen molar-refractivity contribution in [3.05, 3.63) is 35.6 Å². The molecule has 0 heterocycles. The lowest BCUT2D eigenvalue weighted by molar-refractivity contribution is -0.121. The average molecular weight is 238 g/mol. The molecular weight excluding hydrogens is 219 g/mol. The minimum Gasteiger partial charge on any atom is -0.352 e. The summed E-state index contributed by atoms with van der Waals surface area (Å²) in [5, 5.41) is 2.67. The normalized spacial score (nSPS) is 12.5. The van der Waals surface area contributed by atoms with Crippen LogP contribution in [-0.4, -0.2) is 11.9 Å². The number of benzene rings is 1. The standard InChI is InChI=1S/C13H19FN2O/c1-9(2)12(15)7-13(17)16-8-10-5-3-4-6-11(10)14/h3-6,9,12H,7-8,15H2,1-2H3,(H,16,17). The van der Waals surface area contributed by atoms with Crippen LogP contribution in [0, 0.1) is 11.7 Å². The van der Waals surface area contributed by atoms with Crippen LogP contribution in [0.3, 0.4) is 0 Å². The molecular formula is C13H19FN2O. The van der Waals surface area contributed by atoms with Crippen molar-refractivity contribution in [1.29, 1.82) is 0 Å². The molecule has 1 unspecified atom stereocenters. The molecule has 1 atom stereocenters. The molecule has 3 N–H and O–H groups in total. The van der Waals surface area contributed by atoms with E-state index in [9.17, 15) is 9.18 Å². The Hall–Kier alpha value is -1.42. The fourth-order valence-electron chi connectivity index (χ4n) is 1.36. The molecule has 1 aromatic rings. The molecule has 0 bridgehead atoms. The van der Waals surface area contributed by atoms with Gasteiger partial charge in [-0.1, -0.05) is 32.0 Å². The molecule has 17 heavy (non-hydrogen) atoms. The van der Waals surface area contributed by atoms with E-state index in [1.165, 1.54) is 6.07 Å². The van der Waals surface area contributed by atoms with Crippen molar-refractivity contribution < 1.29 is 9.18 Å². The second kappa shape index (κ2) is 6.35. The van der Waals surface area contributed by atoms with Gasteiger partial charge in [0.05, 0.1) is 0 Å². The third-order valence-electron chi connectivity index (χ3n) is 2.71. The van der Waals surface area contributed by atoms with Crippen LogP contribution in [0.1, 0.15) is 25.8 Å². The summed E-state index contributed by atoms with van der Waals surface area (Å²) in [5.74, 6) is -0.190. The molecule has 0 aliphatic rings. The number of nitrogens with one attached hydrogen (secondary N) is 1. The summed E-state index contributed by atoms with van der Waals surface area (Å²) >= 11 is 0. The van der Waals surface area contributed by atoms with Gasteiger partial charge < -0.3 is 11.1 Å². The van der Waals surface area contributed by atoms with Gasteiger partial charge >= 0.3 is 0 Å². The summed E-state index contributed by atoms with van der Waals surface area (Å²) in [7, 11) is 0. The Morgan fingerprint density at radius 2 is 2.06 bits per heavy atom. The van der Waals surface area contributed by atoms with Gasteiger partial charge in [0, 0.05) is 24.6 Å². The summed E-state index contributed by atoms with van der Waals surface area (Å²) in [6.45, 7) is 4.14. The van der Waals surface area contributed by atoms with Gasteiger partial charge in [0.15, 0.2) is 0 Å². The minimum absolute atomic E-state index is 0.144. The zero-order valence-electron chi connectivity index (χ0n) is 10.2. The van der Waals surface area contributed by atoms with Crippen LogP contribution >= 0.6 is 0 Å². The summed E-state index contributed by atoms with van der Waals surface area (Å²) < 4.78 is 13.3. The first kappa shape index (κ1) is 13.6. The highest BCUT2D eigenvalue weighted by Gasteiger charge is 2.12. The maximum Gasteiger partial charge on any atom is 0.221 e. The number of halogens is 1. The van der Waals surface area contributed by atoms with Crippen LogP contribution in [0.5, 0.6) is 0 Å². The van der Waals surface area contributed by atoms with Crippen LogP contribution in [0.25, 0.3) is 0 Å². The Kier molecular flexibility index (Phi) is 5.10. The Bertz CT molecular complexity index is 379. The molecule has 0 saturated heterocycles. The minimum atomic E-state index is -0.305.